The van der Waals surface area contributed by atoms with Crippen LogP contribution in [0.1, 0.15) is 12.8 Å². The van der Waals surface area contributed by atoms with Gasteiger partial charge in [0.25, 0.3) is 0 Å². The van der Waals surface area contributed by atoms with Crippen molar-refractivity contribution in [3.8, 4) is 0 Å². The van der Waals surface area contributed by atoms with Gasteiger partial charge in [0.2, 0.25) is 5.91 Å². The van der Waals surface area contributed by atoms with E-state index in [0.717, 1.165) is 0 Å². The van der Waals surface area contributed by atoms with Crippen LogP contribution in [0, 0.1) is 0 Å². The molecule has 6 nitrogen and oxygen atoms in total. The van der Waals surface area contributed by atoms with Gasteiger partial charge in [0.05, 0.1) is 12.0 Å². The van der Waals surface area contributed by atoms with Crippen molar-refractivity contribution < 1.29 is 14.7 Å². The zero-order valence-electron chi connectivity index (χ0n) is 9.75. The summed E-state index contributed by atoms with van der Waals surface area (Å²) in [4.78, 5) is 23.8. The Labute approximate surface area is 95.0 Å². The molecule has 92 valence electrons. The molecule has 0 aromatic heterocycles. The third-order valence-corrected chi connectivity index (χ3v) is 3.15. The summed E-state index contributed by atoms with van der Waals surface area (Å²) in [6, 6.07) is 0. The second-order valence-corrected chi connectivity index (χ2v) is 4.24. The molecule has 16 heavy (non-hydrogen) atoms. The van der Waals surface area contributed by atoms with Crippen LogP contribution in [0.3, 0.4) is 0 Å². The van der Waals surface area contributed by atoms with E-state index in [4.69, 9.17) is 5.11 Å². The molecule has 1 aliphatic rings. The Kier molecular flexibility index (Phi) is 4.26. The smallest absolute Gasteiger partial charge is 0.305 e. The average Bonchev–Trinajstić information content (AvgIpc) is 2.19. The minimum Gasteiger partial charge on any atom is -0.481 e. The first-order valence-electron chi connectivity index (χ1n) is 5.34. The van der Waals surface area contributed by atoms with Gasteiger partial charge in [0, 0.05) is 33.1 Å². The van der Waals surface area contributed by atoms with Gasteiger partial charge >= 0.3 is 5.97 Å². The van der Waals surface area contributed by atoms with Crippen LogP contribution in [0.15, 0.2) is 0 Å². The first-order valence-corrected chi connectivity index (χ1v) is 5.34. The molecule has 1 heterocycles. The Morgan fingerprint density at radius 1 is 1.50 bits per heavy atom. The van der Waals surface area contributed by atoms with E-state index < -0.39 is 5.97 Å². The fourth-order valence-corrected chi connectivity index (χ4v) is 1.86. The molecule has 6 heteroatoms. The molecule has 0 saturated carbocycles. The van der Waals surface area contributed by atoms with Gasteiger partial charge in [0.1, 0.15) is 0 Å². The summed E-state index contributed by atoms with van der Waals surface area (Å²) in [6.07, 6.45) is 0.513. The fourth-order valence-electron chi connectivity index (χ4n) is 1.86. The quantitative estimate of drug-likeness (QED) is 0.537. The molecular weight excluding hydrogens is 210 g/mol. The number of aliphatic carboxylic acids is 1. The van der Waals surface area contributed by atoms with Crippen molar-refractivity contribution in [3.05, 3.63) is 0 Å². The van der Waals surface area contributed by atoms with E-state index in [-0.39, 0.29) is 17.9 Å². The Bertz CT molecular complexity index is 276. The largest absolute Gasteiger partial charge is 0.481 e. The van der Waals surface area contributed by atoms with Gasteiger partial charge in [-0.2, -0.15) is 0 Å². The SMILES string of the molecule is CNC(=O)CCN(C)C1(CC(=O)O)CNC1. The number of carbonyl (C=O) groups excluding carboxylic acids is 1. The van der Waals surface area contributed by atoms with Gasteiger partial charge in [-0.15, -0.1) is 0 Å². The molecule has 0 unspecified atom stereocenters. The molecule has 0 radical (unpaired) electrons. The maximum absolute atomic E-state index is 11.1. The van der Waals surface area contributed by atoms with Gasteiger partial charge < -0.3 is 15.7 Å². The standard InChI is InChI=1S/C10H19N3O3/c1-11-8(14)3-4-13(2)10(5-9(15)16)6-12-7-10/h12H,3-7H2,1-2H3,(H,11,14)(H,15,16). The monoisotopic (exact) mass is 229 g/mol. The van der Waals surface area contributed by atoms with E-state index in [1.54, 1.807) is 7.05 Å². The van der Waals surface area contributed by atoms with Gasteiger partial charge in [-0.05, 0) is 7.05 Å². The lowest BCUT2D eigenvalue weighted by atomic mass is 9.86. The molecule has 1 aliphatic heterocycles. The number of rotatable bonds is 6. The predicted octanol–water partition coefficient (Wildman–Crippen LogP) is -1.13. The molecule has 1 amide bonds. The maximum Gasteiger partial charge on any atom is 0.305 e. The third-order valence-electron chi connectivity index (χ3n) is 3.15. The predicted molar refractivity (Wildman–Crippen MR) is 59.2 cm³/mol. The highest BCUT2D eigenvalue weighted by atomic mass is 16.4. The van der Waals surface area contributed by atoms with Crippen LogP contribution in [0.5, 0.6) is 0 Å². The summed E-state index contributed by atoms with van der Waals surface area (Å²) in [7, 11) is 3.47. The second-order valence-electron chi connectivity index (χ2n) is 4.24. The molecule has 1 fully saturated rings. The second kappa shape index (κ2) is 5.27. The summed E-state index contributed by atoms with van der Waals surface area (Å²) >= 11 is 0. The number of hydrogen-bond acceptors (Lipinski definition) is 4. The van der Waals surface area contributed by atoms with Crippen LogP contribution in [0.2, 0.25) is 0 Å². The molecule has 0 aliphatic carbocycles. The number of carboxylic acid groups (broad SMARTS) is 1. The van der Waals surface area contributed by atoms with Crippen molar-refractivity contribution in [1.82, 2.24) is 15.5 Å². The van der Waals surface area contributed by atoms with Crippen molar-refractivity contribution in [1.29, 1.82) is 0 Å². The number of nitrogens with one attached hydrogen (secondary N) is 2. The summed E-state index contributed by atoms with van der Waals surface area (Å²) in [5, 5.41) is 14.5. The first-order chi connectivity index (χ1) is 7.50. The highest BCUT2D eigenvalue weighted by molar-refractivity contribution is 5.75. The zero-order chi connectivity index (χ0) is 12.2. The summed E-state index contributed by atoms with van der Waals surface area (Å²) < 4.78 is 0. The first kappa shape index (κ1) is 12.9. The molecular formula is C10H19N3O3. The number of nitrogens with zero attached hydrogens (tertiary/aromatic N) is 1. The number of likely N-dealkylation sites (N-methyl/N-ethyl adjacent to an activating group) is 1. The molecule has 3 N–H and O–H groups in total. The third kappa shape index (κ3) is 2.93. The fraction of sp³-hybridized carbons (Fsp3) is 0.800. The van der Waals surface area contributed by atoms with Crippen molar-refractivity contribution in [3.63, 3.8) is 0 Å². The minimum atomic E-state index is -0.798. The van der Waals surface area contributed by atoms with Gasteiger partial charge in [-0.1, -0.05) is 0 Å². The molecule has 0 bridgehead atoms. The molecule has 1 saturated heterocycles. The van der Waals surface area contributed by atoms with Crippen molar-refractivity contribution in [2.45, 2.75) is 18.4 Å². The zero-order valence-corrected chi connectivity index (χ0v) is 9.75. The van der Waals surface area contributed by atoms with E-state index in [1.165, 1.54) is 0 Å². The number of carboxylic acids is 1. The van der Waals surface area contributed by atoms with Crippen molar-refractivity contribution >= 4 is 11.9 Å². The van der Waals surface area contributed by atoms with Crippen LogP contribution >= 0.6 is 0 Å². The highest BCUT2D eigenvalue weighted by Gasteiger charge is 2.42. The molecule has 0 aromatic rings. The Morgan fingerprint density at radius 3 is 2.50 bits per heavy atom. The van der Waals surface area contributed by atoms with Crippen LogP contribution in [0.25, 0.3) is 0 Å². The lowest BCUT2D eigenvalue weighted by molar-refractivity contribution is -0.141. The van der Waals surface area contributed by atoms with Crippen molar-refractivity contribution in [2.75, 3.05) is 33.7 Å². The summed E-state index contributed by atoms with van der Waals surface area (Å²) in [5.74, 6) is -0.821. The Balaban J connectivity index is 2.46. The van der Waals surface area contributed by atoms with Crippen LogP contribution in [0.4, 0.5) is 0 Å². The molecule has 1 rings (SSSR count). The molecule has 0 spiro atoms. The van der Waals surface area contributed by atoms with Crippen LogP contribution in [-0.2, 0) is 9.59 Å². The van der Waals surface area contributed by atoms with Gasteiger partial charge in [-0.3, -0.25) is 14.5 Å². The number of carbonyl (C=O) groups is 2. The molecule has 0 aromatic carbocycles. The van der Waals surface area contributed by atoms with Gasteiger partial charge in [-0.25, -0.2) is 0 Å². The van der Waals surface area contributed by atoms with Gasteiger partial charge in [0.15, 0.2) is 0 Å². The van der Waals surface area contributed by atoms with E-state index in [2.05, 4.69) is 10.6 Å². The van der Waals surface area contributed by atoms with E-state index in [0.29, 0.717) is 26.1 Å². The minimum absolute atomic E-state index is 0.0235. The van der Waals surface area contributed by atoms with Crippen LogP contribution < -0.4 is 10.6 Å². The average molecular weight is 229 g/mol. The maximum atomic E-state index is 11.1. The lowest BCUT2D eigenvalue weighted by Crippen LogP contribution is -2.68. The number of amides is 1. The highest BCUT2D eigenvalue weighted by Crippen LogP contribution is 2.23. The van der Waals surface area contributed by atoms with E-state index in [9.17, 15) is 9.59 Å². The van der Waals surface area contributed by atoms with E-state index >= 15 is 0 Å². The summed E-state index contributed by atoms with van der Waals surface area (Å²) in [6.45, 7) is 1.92. The normalized spacial score (nSPS) is 17.9. The molecule has 0 atom stereocenters. The summed E-state index contributed by atoms with van der Waals surface area (Å²) in [5.41, 5.74) is -0.320. The number of hydrogen-bond donors (Lipinski definition) is 3. The van der Waals surface area contributed by atoms with Crippen molar-refractivity contribution in [2.24, 2.45) is 0 Å². The Hall–Kier alpha value is -1.14. The Morgan fingerprint density at radius 2 is 2.12 bits per heavy atom. The topological polar surface area (TPSA) is 81.7 Å². The lowest BCUT2D eigenvalue weighted by Gasteiger charge is -2.48. The van der Waals surface area contributed by atoms with E-state index in [1.807, 2.05) is 11.9 Å². The van der Waals surface area contributed by atoms with Crippen LogP contribution in [-0.4, -0.2) is 61.2 Å².